The van der Waals surface area contributed by atoms with Gasteiger partial charge in [0, 0.05) is 0 Å². The summed E-state index contributed by atoms with van der Waals surface area (Å²) in [7, 11) is -3.39. The number of sulfonamides is 1. The van der Waals surface area contributed by atoms with Crippen molar-refractivity contribution >= 4 is 32.0 Å². The van der Waals surface area contributed by atoms with Gasteiger partial charge in [0.25, 0.3) is 0 Å². The van der Waals surface area contributed by atoms with Gasteiger partial charge >= 0.3 is 180 Å². The van der Waals surface area contributed by atoms with Crippen molar-refractivity contribution in [3.05, 3.63) is 29.8 Å². The predicted octanol–water partition coefficient (Wildman–Crippen LogP) is 5.92. The van der Waals surface area contributed by atoms with Gasteiger partial charge in [-0.25, -0.2) is 0 Å². The molecule has 162 valence electrons. The predicted molar refractivity (Wildman–Crippen MR) is 127 cm³/mol. The van der Waals surface area contributed by atoms with Gasteiger partial charge < -0.3 is 0 Å². The second-order valence-electron chi connectivity index (χ2n) is 8.68. The molecule has 1 N–H and O–H groups in total. The van der Waals surface area contributed by atoms with Crippen molar-refractivity contribution in [2.75, 3.05) is 6.54 Å². The molecule has 0 radical (unpaired) electrons. The van der Waals surface area contributed by atoms with Crippen LogP contribution in [0.15, 0.2) is 24.3 Å². The molecule has 0 aliphatic heterocycles. The van der Waals surface area contributed by atoms with E-state index in [4.69, 9.17) is 0 Å². The number of unbranched alkanes of at least 4 members (excludes halogenated alkanes) is 3. The topological polar surface area (TPSA) is 46.2 Å². The van der Waals surface area contributed by atoms with E-state index in [1.807, 2.05) is 20.8 Å². The number of rotatable bonds is 14. The first-order valence-corrected chi connectivity index (χ1v) is 20.3. The third kappa shape index (κ3) is 6.46. The Balaban J connectivity index is 3.28. The Morgan fingerprint density at radius 1 is 0.821 bits per heavy atom. The quantitative estimate of drug-likeness (QED) is 0.312. The second-order valence-corrected chi connectivity index (χ2v) is 24.2. The molecule has 0 fully saturated rings. The van der Waals surface area contributed by atoms with E-state index in [1.165, 1.54) is 51.8 Å². The maximum absolute atomic E-state index is 12.7. The van der Waals surface area contributed by atoms with Gasteiger partial charge in [-0.15, -0.1) is 0 Å². The third-order valence-electron chi connectivity index (χ3n) is 6.23. The van der Waals surface area contributed by atoms with E-state index in [1.54, 1.807) is 3.58 Å². The second kappa shape index (κ2) is 11.9. The van der Waals surface area contributed by atoms with Crippen LogP contribution in [0, 0.1) is 0 Å². The van der Waals surface area contributed by atoms with E-state index in [0.717, 1.165) is 5.56 Å². The molecular formula is C23H43NO2SSn. The van der Waals surface area contributed by atoms with Crippen molar-refractivity contribution in [3.63, 3.8) is 0 Å². The molecule has 1 aromatic rings. The Hall–Kier alpha value is -0.0713. The third-order valence-corrected chi connectivity index (χ3v) is 24.1. The van der Waals surface area contributed by atoms with E-state index in [9.17, 15) is 8.42 Å². The zero-order valence-electron chi connectivity index (χ0n) is 19.1. The first-order chi connectivity index (χ1) is 13.2. The van der Waals surface area contributed by atoms with Crippen LogP contribution in [0.25, 0.3) is 0 Å². The summed E-state index contributed by atoms with van der Waals surface area (Å²) in [5.41, 5.74) is 0.888. The van der Waals surface area contributed by atoms with Gasteiger partial charge in [0.2, 0.25) is 0 Å². The molecule has 1 aromatic carbocycles. The van der Waals surface area contributed by atoms with Crippen molar-refractivity contribution in [2.45, 2.75) is 98.1 Å². The van der Waals surface area contributed by atoms with Gasteiger partial charge in [-0.1, -0.05) is 0 Å². The molecule has 0 bridgehead atoms. The molecule has 3 nitrogen and oxygen atoms in total. The number of nitrogens with one attached hydrogen (secondary N) is 1. The Bertz CT molecular complexity index is 647. The van der Waals surface area contributed by atoms with Crippen LogP contribution < -0.4 is 8.30 Å². The maximum atomic E-state index is 12.7. The standard InChI is InChI=1S/C11H16NO2S.3C4H9.Sn/c1-4-12-15(13,14)11(2,3)10-8-6-5-7-9-10;3*1-3-4-2;/h6-9,12H,4H2,1-3H3;3*1,3-4H2,2H3;. The van der Waals surface area contributed by atoms with E-state index in [0.29, 0.717) is 6.54 Å². The van der Waals surface area contributed by atoms with Gasteiger partial charge in [-0.3, -0.25) is 0 Å². The summed E-state index contributed by atoms with van der Waals surface area (Å²) in [5, 5.41) is 0. The van der Waals surface area contributed by atoms with Crippen molar-refractivity contribution < 1.29 is 8.42 Å². The van der Waals surface area contributed by atoms with Gasteiger partial charge in [-0.05, 0) is 0 Å². The van der Waals surface area contributed by atoms with Crippen molar-refractivity contribution in [1.82, 2.24) is 4.72 Å². The molecule has 0 spiro atoms. The summed E-state index contributed by atoms with van der Waals surface area (Å²) >= 11 is -2.45. The molecule has 0 heterocycles. The summed E-state index contributed by atoms with van der Waals surface area (Å²) in [6.07, 6.45) is 7.82. The van der Waals surface area contributed by atoms with Gasteiger partial charge in [0.15, 0.2) is 0 Å². The monoisotopic (exact) mass is 517 g/mol. The zero-order chi connectivity index (χ0) is 21.3. The van der Waals surface area contributed by atoms with Crippen LogP contribution >= 0.6 is 0 Å². The van der Waals surface area contributed by atoms with Crippen LogP contribution in [0.5, 0.6) is 0 Å². The molecule has 0 unspecified atom stereocenters. The van der Waals surface area contributed by atoms with Crippen molar-refractivity contribution in [2.24, 2.45) is 0 Å². The van der Waals surface area contributed by atoms with E-state index in [2.05, 4.69) is 49.8 Å². The fraction of sp³-hybridized carbons (Fsp3) is 0.739. The van der Waals surface area contributed by atoms with Crippen LogP contribution in [0.2, 0.25) is 13.3 Å². The van der Waals surface area contributed by atoms with Crippen LogP contribution in [0.1, 0.15) is 85.6 Å². The molecule has 28 heavy (non-hydrogen) atoms. The van der Waals surface area contributed by atoms with Gasteiger partial charge in [-0.2, -0.15) is 0 Å². The van der Waals surface area contributed by atoms with Crippen LogP contribution in [0.4, 0.5) is 0 Å². The number of hydrogen-bond donors (Lipinski definition) is 1. The number of benzene rings is 1. The van der Waals surface area contributed by atoms with Crippen LogP contribution in [0.3, 0.4) is 0 Å². The summed E-state index contributed by atoms with van der Waals surface area (Å²) in [5.74, 6) is 0. The molecule has 0 aliphatic carbocycles. The van der Waals surface area contributed by atoms with Gasteiger partial charge in [0.1, 0.15) is 0 Å². The Kier molecular flexibility index (Phi) is 11.1. The first kappa shape index (κ1) is 26.0. The minimum atomic E-state index is -3.39. The van der Waals surface area contributed by atoms with Gasteiger partial charge in [0.05, 0.1) is 0 Å². The molecule has 0 aromatic heterocycles. The fourth-order valence-electron chi connectivity index (χ4n) is 4.10. The van der Waals surface area contributed by atoms with Crippen LogP contribution in [-0.2, 0) is 14.8 Å². The molecule has 1 rings (SSSR count). The minimum absolute atomic E-state index is 0.425. The molecule has 0 saturated carbocycles. The molecule has 0 aliphatic rings. The average Bonchev–Trinajstić information content (AvgIpc) is 2.67. The molecule has 0 saturated heterocycles. The first-order valence-electron chi connectivity index (χ1n) is 11.3. The summed E-state index contributed by atoms with van der Waals surface area (Å²) in [6.45, 7) is 12.8. The van der Waals surface area contributed by atoms with Crippen molar-refractivity contribution in [3.8, 4) is 0 Å². The van der Waals surface area contributed by atoms with E-state index in [-0.39, 0.29) is 0 Å². The number of hydrogen-bond acceptors (Lipinski definition) is 2. The summed E-state index contributed by atoms with van der Waals surface area (Å²) in [4.78, 5) is 0. The van der Waals surface area contributed by atoms with E-state index < -0.39 is 33.1 Å². The average molecular weight is 516 g/mol. The normalized spacial score (nSPS) is 13.1. The van der Waals surface area contributed by atoms with Crippen molar-refractivity contribution in [1.29, 1.82) is 0 Å². The molecule has 5 heteroatoms. The van der Waals surface area contributed by atoms with E-state index >= 15 is 0 Å². The van der Waals surface area contributed by atoms with Crippen LogP contribution in [-0.4, -0.2) is 33.3 Å². The summed E-state index contributed by atoms with van der Waals surface area (Å²) in [6, 6.07) is 8.80. The Morgan fingerprint density at radius 2 is 1.25 bits per heavy atom. The molecule has 0 amide bonds. The Labute approximate surface area is 179 Å². The fourth-order valence-corrected chi connectivity index (χ4v) is 21.2. The Morgan fingerprint density at radius 3 is 1.61 bits per heavy atom. The SMILES string of the molecule is CCC[CH2][Sn]([CH2]CCC)([CH2]CCC)[c]1ccc(C(C)(C)S(=O)(=O)NCC)cc1. The zero-order valence-corrected chi connectivity index (χ0v) is 22.8. The summed E-state index contributed by atoms with van der Waals surface area (Å²) < 4.78 is 33.0. The molecule has 0 atom stereocenters. The molecular weight excluding hydrogens is 473 g/mol.